The Morgan fingerprint density at radius 2 is 2.14 bits per heavy atom. The number of nitrogens with one attached hydrogen (secondary N) is 1. The molecule has 0 amide bonds. The standard InChI is InChI=1S/C9H13NO3S/c11-14(12,13)7-3-1-2-4-9-5-6-10-8-9/h5,10H,1-4,7H2,(H,11,12,13). The first-order valence-electron chi connectivity index (χ1n) is 4.49. The van der Waals surface area contributed by atoms with Gasteiger partial charge in [0.15, 0.2) is 0 Å². The van der Waals surface area contributed by atoms with Crippen LogP contribution in [0.4, 0.5) is 0 Å². The Hall–Kier alpha value is -0.810. The summed E-state index contributed by atoms with van der Waals surface area (Å²) in [7, 11) is -3.78. The van der Waals surface area contributed by atoms with Gasteiger partial charge in [-0.1, -0.05) is 6.42 Å². The molecule has 0 aliphatic carbocycles. The molecule has 2 radical (unpaired) electrons. The molecule has 4 nitrogen and oxygen atoms in total. The Kier molecular flexibility index (Phi) is 4.16. The molecule has 0 bridgehead atoms. The monoisotopic (exact) mass is 215 g/mol. The number of aryl methyl sites for hydroxylation is 1. The van der Waals surface area contributed by atoms with Gasteiger partial charge in [0.05, 0.1) is 18.1 Å². The number of rotatable bonds is 6. The molecule has 0 saturated heterocycles. The van der Waals surface area contributed by atoms with E-state index in [4.69, 9.17) is 4.55 Å². The summed E-state index contributed by atoms with van der Waals surface area (Å²) in [4.78, 5) is 2.71. The molecule has 1 rings (SSSR count). The molecule has 0 aliphatic rings. The quantitative estimate of drug-likeness (QED) is 0.553. The molecular formula is C9H13NO3S. The van der Waals surface area contributed by atoms with Crippen molar-refractivity contribution >= 4 is 10.1 Å². The van der Waals surface area contributed by atoms with Gasteiger partial charge in [0.25, 0.3) is 10.1 Å². The summed E-state index contributed by atoms with van der Waals surface area (Å²) >= 11 is 0. The molecular weight excluding hydrogens is 202 g/mol. The molecule has 0 saturated carbocycles. The van der Waals surface area contributed by atoms with Crippen LogP contribution in [0.5, 0.6) is 0 Å². The lowest BCUT2D eigenvalue weighted by atomic mass is 10.1. The van der Waals surface area contributed by atoms with Crippen LogP contribution in [-0.4, -0.2) is 23.7 Å². The molecule has 14 heavy (non-hydrogen) atoms. The summed E-state index contributed by atoms with van der Waals surface area (Å²) < 4.78 is 29.2. The van der Waals surface area contributed by atoms with Crippen LogP contribution in [0, 0.1) is 12.4 Å². The summed E-state index contributed by atoms with van der Waals surface area (Å²) in [5.41, 5.74) is 1.05. The highest BCUT2D eigenvalue weighted by atomic mass is 32.2. The lowest BCUT2D eigenvalue weighted by molar-refractivity contribution is 0.479. The summed E-state index contributed by atoms with van der Waals surface area (Å²) in [5.74, 6) is -0.143. The van der Waals surface area contributed by atoms with Crippen LogP contribution in [0.25, 0.3) is 0 Å². The Morgan fingerprint density at radius 1 is 1.36 bits per heavy atom. The van der Waals surface area contributed by atoms with Gasteiger partial charge < -0.3 is 4.98 Å². The second kappa shape index (κ2) is 5.17. The third-order valence-corrected chi connectivity index (χ3v) is 2.69. The van der Waals surface area contributed by atoms with Crippen LogP contribution in [0.15, 0.2) is 6.07 Å². The van der Waals surface area contributed by atoms with Gasteiger partial charge in [-0.05, 0) is 30.9 Å². The highest BCUT2D eigenvalue weighted by Gasteiger charge is 2.03. The van der Waals surface area contributed by atoms with Gasteiger partial charge in [-0.3, -0.25) is 4.55 Å². The maximum atomic E-state index is 10.4. The lowest BCUT2D eigenvalue weighted by Crippen LogP contribution is -2.03. The zero-order valence-electron chi connectivity index (χ0n) is 7.78. The van der Waals surface area contributed by atoms with Gasteiger partial charge in [-0.15, -0.1) is 0 Å². The SMILES string of the molecule is O=S(=O)(O)CCCCCc1[c][nH][c]c1. The van der Waals surface area contributed by atoms with Gasteiger partial charge in [-0.25, -0.2) is 0 Å². The van der Waals surface area contributed by atoms with E-state index in [1.165, 1.54) is 0 Å². The number of H-pyrrole nitrogens is 1. The molecule has 1 heterocycles. The largest absolute Gasteiger partial charge is 0.352 e. The number of aromatic nitrogens is 1. The molecule has 1 aromatic heterocycles. The number of unbranched alkanes of at least 4 members (excludes halogenated alkanes) is 2. The van der Waals surface area contributed by atoms with Crippen LogP contribution >= 0.6 is 0 Å². The van der Waals surface area contributed by atoms with Crippen LogP contribution in [-0.2, 0) is 16.5 Å². The Morgan fingerprint density at radius 3 is 2.71 bits per heavy atom. The Labute approximate surface area is 84.1 Å². The number of hydrogen-bond acceptors (Lipinski definition) is 2. The summed E-state index contributed by atoms with van der Waals surface area (Å²) in [6.45, 7) is 0. The van der Waals surface area contributed by atoms with Gasteiger partial charge >= 0.3 is 0 Å². The fourth-order valence-electron chi connectivity index (χ4n) is 1.19. The number of hydrogen-bond donors (Lipinski definition) is 2. The van der Waals surface area contributed by atoms with Crippen LogP contribution in [0.1, 0.15) is 24.8 Å². The second-order valence-electron chi connectivity index (χ2n) is 3.16. The maximum absolute atomic E-state index is 10.4. The molecule has 2 N–H and O–H groups in total. The van der Waals surface area contributed by atoms with E-state index in [2.05, 4.69) is 17.4 Å². The van der Waals surface area contributed by atoms with Gasteiger partial charge in [-0.2, -0.15) is 8.42 Å². The average molecular weight is 215 g/mol. The zero-order valence-corrected chi connectivity index (χ0v) is 8.60. The molecule has 78 valence electrons. The smallest absolute Gasteiger partial charge is 0.264 e. The third-order valence-electron chi connectivity index (χ3n) is 1.89. The van der Waals surface area contributed by atoms with Crippen molar-refractivity contribution in [2.75, 3.05) is 5.75 Å². The van der Waals surface area contributed by atoms with E-state index in [-0.39, 0.29) is 5.75 Å². The van der Waals surface area contributed by atoms with Crippen molar-refractivity contribution in [2.24, 2.45) is 0 Å². The zero-order chi connectivity index (χ0) is 10.4. The second-order valence-corrected chi connectivity index (χ2v) is 4.73. The highest BCUT2D eigenvalue weighted by Crippen LogP contribution is 2.05. The van der Waals surface area contributed by atoms with E-state index < -0.39 is 10.1 Å². The summed E-state index contributed by atoms with van der Waals surface area (Å²) in [6, 6.07) is 1.82. The predicted octanol–water partition coefficient (Wildman–Crippen LogP) is 1.22. The molecule has 0 fully saturated rings. The fourth-order valence-corrected chi connectivity index (χ4v) is 1.76. The lowest BCUT2D eigenvalue weighted by Gasteiger charge is -1.97. The first-order chi connectivity index (χ1) is 6.58. The predicted molar refractivity (Wildman–Crippen MR) is 52.4 cm³/mol. The molecule has 0 unspecified atom stereocenters. The van der Waals surface area contributed by atoms with E-state index in [1.54, 1.807) is 0 Å². The average Bonchev–Trinajstić information content (AvgIpc) is 2.54. The Balaban J connectivity index is 2.06. The third kappa shape index (κ3) is 5.04. The Bertz CT molecular complexity index is 342. The normalized spacial score (nSPS) is 11.8. The number of aromatic amines is 1. The first kappa shape index (κ1) is 11.3. The minimum absolute atomic E-state index is 0.143. The van der Waals surface area contributed by atoms with E-state index in [0.717, 1.165) is 24.8 Å². The van der Waals surface area contributed by atoms with Crippen molar-refractivity contribution in [2.45, 2.75) is 25.7 Å². The van der Waals surface area contributed by atoms with Crippen molar-refractivity contribution in [3.8, 4) is 0 Å². The minimum atomic E-state index is -3.78. The molecule has 0 atom stereocenters. The van der Waals surface area contributed by atoms with Gasteiger partial charge in [0.1, 0.15) is 0 Å². The van der Waals surface area contributed by atoms with E-state index in [9.17, 15) is 8.42 Å². The fraction of sp³-hybridized carbons (Fsp3) is 0.556. The van der Waals surface area contributed by atoms with Crippen molar-refractivity contribution < 1.29 is 13.0 Å². The van der Waals surface area contributed by atoms with Crippen molar-refractivity contribution in [1.29, 1.82) is 0 Å². The molecule has 1 aromatic rings. The molecule has 0 aromatic carbocycles. The molecule has 0 spiro atoms. The van der Waals surface area contributed by atoms with Crippen molar-refractivity contribution in [3.05, 3.63) is 24.0 Å². The topological polar surface area (TPSA) is 70.2 Å². The minimum Gasteiger partial charge on any atom is -0.352 e. The van der Waals surface area contributed by atoms with Crippen LogP contribution < -0.4 is 0 Å². The summed E-state index contributed by atoms with van der Waals surface area (Å²) in [5, 5.41) is 0. The maximum Gasteiger partial charge on any atom is 0.264 e. The van der Waals surface area contributed by atoms with Crippen LogP contribution in [0.2, 0.25) is 0 Å². The van der Waals surface area contributed by atoms with Gasteiger partial charge in [0.2, 0.25) is 0 Å². The molecule has 0 aliphatic heterocycles. The summed E-state index contributed by atoms with van der Waals surface area (Å²) in [6.07, 6.45) is 8.74. The van der Waals surface area contributed by atoms with E-state index in [1.807, 2.05) is 6.07 Å². The van der Waals surface area contributed by atoms with Crippen LogP contribution in [0.3, 0.4) is 0 Å². The first-order valence-corrected chi connectivity index (χ1v) is 6.09. The van der Waals surface area contributed by atoms with Crippen molar-refractivity contribution in [1.82, 2.24) is 4.98 Å². The van der Waals surface area contributed by atoms with E-state index in [0.29, 0.717) is 6.42 Å². The van der Waals surface area contributed by atoms with E-state index >= 15 is 0 Å². The van der Waals surface area contributed by atoms with Gasteiger partial charge in [0, 0.05) is 0 Å². The molecule has 5 heteroatoms. The highest BCUT2D eigenvalue weighted by molar-refractivity contribution is 7.85. The van der Waals surface area contributed by atoms with Crippen molar-refractivity contribution in [3.63, 3.8) is 0 Å².